The first kappa shape index (κ1) is 23.0. The van der Waals surface area contributed by atoms with Crippen molar-refractivity contribution >= 4 is 34.5 Å². The monoisotopic (exact) mass is 443 g/mol. The number of rotatable bonds is 4. The number of halogens is 6. The van der Waals surface area contributed by atoms with Crippen LogP contribution in [0.5, 0.6) is 0 Å². The Morgan fingerprint density at radius 3 is 2.07 bits per heavy atom. The summed E-state index contributed by atoms with van der Waals surface area (Å²) in [6.07, 6.45) is -1.32. The van der Waals surface area contributed by atoms with Gasteiger partial charge in [-0.2, -0.15) is 0 Å². The van der Waals surface area contributed by atoms with Gasteiger partial charge in [0, 0.05) is 10.6 Å². The summed E-state index contributed by atoms with van der Waals surface area (Å²) in [4.78, 5) is 1.03. The highest BCUT2D eigenvalue weighted by Gasteiger charge is 2.31. The van der Waals surface area contributed by atoms with E-state index in [0.717, 1.165) is 17.0 Å². The molecule has 0 unspecified atom stereocenters. The van der Waals surface area contributed by atoms with Crippen molar-refractivity contribution in [1.29, 1.82) is 0 Å². The standard InChI is InChI=1S/C20H13Cl2F4N.C2H6/c1-11-15(22)9-14(12-5-3-2-4-6-12)20(27(11)10-18(25)26)19-16(23)7-13(21)8-17(19)24;1-2/h2-9,18H,1,10H2;1-2H3. The Morgan fingerprint density at radius 1 is 1.00 bits per heavy atom. The molecule has 0 aromatic heterocycles. The van der Waals surface area contributed by atoms with Crippen LogP contribution in [0, 0.1) is 11.6 Å². The molecule has 0 radical (unpaired) electrons. The summed E-state index contributed by atoms with van der Waals surface area (Å²) in [7, 11) is 0. The van der Waals surface area contributed by atoms with Crippen LogP contribution in [0.15, 0.2) is 65.8 Å². The largest absolute Gasteiger partial charge is 0.334 e. The molecule has 0 bridgehead atoms. The molecule has 154 valence electrons. The van der Waals surface area contributed by atoms with E-state index in [-0.39, 0.29) is 21.4 Å². The van der Waals surface area contributed by atoms with Gasteiger partial charge in [0.2, 0.25) is 0 Å². The normalized spacial score (nSPS) is 14.0. The van der Waals surface area contributed by atoms with Gasteiger partial charge in [-0.3, -0.25) is 0 Å². The van der Waals surface area contributed by atoms with Gasteiger partial charge in [0.05, 0.1) is 28.5 Å². The highest BCUT2D eigenvalue weighted by Crippen LogP contribution is 2.42. The number of benzene rings is 2. The van der Waals surface area contributed by atoms with Gasteiger partial charge in [0.15, 0.2) is 0 Å². The molecule has 2 aromatic carbocycles. The van der Waals surface area contributed by atoms with Crippen LogP contribution in [0.25, 0.3) is 11.3 Å². The summed E-state index contributed by atoms with van der Waals surface area (Å²) in [5.41, 5.74) is 0.336. The second-order valence-electron chi connectivity index (χ2n) is 5.81. The third kappa shape index (κ3) is 5.03. The minimum Gasteiger partial charge on any atom is -0.334 e. The van der Waals surface area contributed by atoms with Crippen LogP contribution < -0.4 is 0 Å². The van der Waals surface area contributed by atoms with Crippen LogP contribution in [-0.2, 0) is 0 Å². The van der Waals surface area contributed by atoms with Gasteiger partial charge < -0.3 is 4.90 Å². The molecule has 3 rings (SSSR count). The molecule has 0 saturated carbocycles. The molecule has 0 amide bonds. The molecule has 0 N–H and O–H groups in total. The average Bonchev–Trinajstić information content (AvgIpc) is 2.68. The Bertz CT molecular complexity index is 930. The highest BCUT2D eigenvalue weighted by atomic mass is 35.5. The van der Waals surface area contributed by atoms with E-state index in [4.69, 9.17) is 23.2 Å². The molecule has 0 aliphatic carbocycles. The van der Waals surface area contributed by atoms with Crippen molar-refractivity contribution in [3.63, 3.8) is 0 Å². The Morgan fingerprint density at radius 2 is 1.55 bits per heavy atom. The predicted octanol–water partition coefficient (Wildman–Crippen LogP) is 7.73. The lowest BCUT2D eigenvalue weighted by atomic mass is 9.94. The molecular formula is C22H19Cl2F4N. The third-order valence-electron chi connectivity index (χ3n) is 4.05. The van der Waals surface area contributed by atoms with Crippen LogP contribution in [-0.4, -0.2) is 17.9 Å². The molecule has 0 atom stereocenters. The summed E-state index contributed by atoms with van der Waals surface area (Å²) < 4.78 is 55.8. The van der Waals surface area contributed by atoms with Crippen molar-refractivity contribution in [2.75, 3.05) is 6.54 Å². The summed E-state index contributed by atoms with van der Waals surface area (Å²) in [5.74, 6) is -1.94. The first-order valence-electron chi connectivity index (χ1n) is 8.86. The van der Waals surface area contributed by atoms with Crippen molar-refractivity contribution in [2.45, 2.75) is 20.3 Å². The molecule has 2 aromatic rings. The number of hydrogen-bond donors (Lipinski definition) is 0. The Kier molecular flexibility index (Phi) is 7.94. The van der Waals surface area contributed by atoms with Gasteiger partial charge in [-0.1, -0.05) is 74.0 Å². The van der Waals surface area contributed by atoms with Crippen molar-refractivity contribution in [2.24, 2.45) is 0 Å². The third-order valence-corrected chi connectivity index (χ3v) is 4.59. The summed E-state index contributed by atoms with van der Waals surface area (Å²) >= 11 is 11.9. The van der Waals surface area contributed by atoms with Gasteiger partial charge in [0.1, 0.15) is 11.6 Å². The van der Waals surface area contributed by atoms with E-state index in [1.54, 1.807) is 30.3 Å². The van der Waals surface area contributed by atoms with Crippen molar-refractivity contribution < 1.29 is 17.6 Å². The van der Waals surface area contributed by atoms with Crippen molar-refractivity contribution in [3.8, 4) is 0 Å². The summed E-state index contributed by atoms with van der Waals surface area (Å²) in [6.45, 7) is 6.87. The topological polar surface area (TPSA) is 3.24 Å². The SMILES string of the molecule is C=C1C(Cl)=CC(c2ccccc2)=C(c2c(F)cc(Cl)cc2F)N1CC(F)F.CC. The van der Waals surface area contributed by atoms with E-state index in [0.29, 0.717) is 11.1 Å². The smallest absolute Gasteiger partial charge is 0.256 e. The maximum Gasteiger partial charge on any atom is 0.256 e. The van der Waals surface area contributed by atoms with Crippen LogP contribution in [0.3, 0.4) is 0 Å². The lowest BCUT2D eigenvalue weighted by Gasteiger charge is -2.34. The molecule has 1 nitrogen and oxygen atoms in total. The number of hydrogen-bond acceptors (Lipinski definition) is 1. The Hall–Kier alpha value is -2.24. The lowest BCUT2D eigenvalue weighted by Crippen LogP contribution is -2.30. The van der Waals surface area contributed by atoms with E-state index >= 15 is 0 Å². The van der Waals surface area contributed by atoms with Gasteiger partial charge in [-0.15, -0.1) is 0 Å². The zero-order valence-corrected chi connectivity index (χ0v) is 17.3. The van der Waals surface area contributed by atoms with Crippen molar-refractivity contribution in [1.82, 2.24) is 4.90 Å². The molecular weight excluding hydrogens is 425 g/mol. The Labute approximate surface area is 177 Å². The van der Waals surface area contributed by atoms with Gasteiger partial charge in [0.25, 0.3) is 6.43 Å². The molecule has 0 saturated heterocycles. The number of allylic oxidation sites excluding steroid dienone is 3. The molecule has 0 fully saturated rings. The van der Waals surface area contributed by atoms with Crippen LogP contribution in [0.2, 0.25) is 5.02 Å². The van der Waals surface area contributed by atoms with E-state index in [9.17, 15) is 17.6 Å². The molecule has 1 heterocycles. The minimum absolute atomic E-state index is 0.0281. The molecule has 0 spiro atoms. The van der Waals surface area contributed by atoms with Gasteiger partial charge in [-0.25, -0.2) is 17.6 Å². The zero-order valence-electron chi connectivity index (χ0n) is 15.8. The van der Waals surface area contributed by atoms with Gasteiger partial charge in [-0.05, 0) is 23.8 Å². The molecule has 1 aliphatic heterocycles. The quantitative estimate of drug-likeness (QED) is 0.436. The lowest BCUT2D eigenvalue weighted by molar-refractivity contribution is 0.123. The second-order valence-corrected chi connectivity index (χ2v) is 6.66. The Balaban J connectivity index is 0.00000145. The average molecular weight is 444 g/mol. The first-order chi connectivity index (χ1) is 13.8. The van der Waals surface area contributed by atoms with Gasteiger partial charge >= 0.3 is 0 Å². The zero-order chi connectivity index (χ0) is 21.7. The van der Waals surface area contributed by atoms with E-state index in [1.807, 2.05) is 13.8 Å². The van der Waals surface area contributed by atoms with E-state index in [1.165, 1.54) is 6.08 Å². The fourth-order valence-electron chi connectivity index (χ4n) is 2.90. The maximum atomic E-state index is 14.7. The van der Waals surface area contributed by atoms with E-state index in [2.05, 4.69) is 6.58 Å². The van der Waals surface area contributed by atoms with Crippen LogP contribution in [0.1, 0.15) is 25.0 Å². The number of nitrogens with zero attached hydrogens (tertiary/aromatic N) is 1. The molecule has 29 heavy (non-hydrogen) atoms. The minimum atomic E-state index is -2.78. The van der Waals surface area contributed by atoms with E-state index < -0.39 is 30.2 Å². The highest BCUT2D eigenvalue weighted by molar-refractivity contribution is 6.33. The second kappa shape index (κ2) is 9.99. The fraction of sp³-hybridized carbons (Fsp3) is 0.182. The predicted molar refractivity (Wildman–Crippen MR) is 112 cm³/mol. The summed E-state index contributed by atoms with van der Waals surface area (Å²) in [5, 5.41) is -0.0349. The number of alkyl halides is 2. The molecule has 1 aliphatic rings. The van der Waals surface area contributed by atoms with Crippen LogP contribution >= 0.6 is 23.2 Å². The van der Waals surface area contributed by atoms with Crippen molar-refractivity contribution in [3.05, 3.63) is 93.6 Å². The summed E-state index contributed by atoms with van der Waals surface area (Å²) in [6, 6.07) is 10.4. The molecule has 7 heteroatoms. The first-order valence-corrected chi connectivity index (χ1v) is 9.62. The van der Waals surface area contributed by atoms with Crippen LogP contribution in [0.4, 0.5) is 17.6 Å². The maximum absolute atomic E-state index is 14.7. The fourth-order valence-corrected chi connectivity index (χ4v) is 3.31.